The Morgan fingerprint density at radius 1 is 1.18 bits per heavy atom. The Bertz CT molecular complexity index is 849. The largest absolute Gasteiger partial charge is 0.324 e. The third-order valence-electron chi connectivity index (χ3n) is 5.57. The molecule has 3 aliphatic heterocycles. The number of piperazine rings is 1. The first kappa shape index (κ1) is 18.4. The molecule has 2 fully saturated rings. The number of carbonyl (C=O) groups is 4. The van der Waals surface area contributed by atoms with E-state index in [1.807, 2.05) is 6.07 Å². The van der Waals surface area contributed by atoms with Gasteiger partial charge in [0.15, 0.2) is 0 Å². The van der Waals surface area contributed by atoms with Gasteiger partial charge >= 0.3 is 6.03 Å². The standard InChI is InChI=1S/C19H23N5O4/c1-22(19(28)23-8-6-20-7-9-23)13-2-3-14-12(10-13)11-24(18(14)27)15-4-5-16(25)21-17(15)26/h2-3,10,15,20H,4-9,11H2,1H3,(H,21,25,26). The minimum absolute atomic E-state index is 0.0761. The fourth-order valence-corrected chi connectivity index (χ4v) is 3.95. The van der Waals surface area contributed by atoms with E-state index in [2.05, 4.69) is 10.6 Å². The van der Waals surface area contributed by atoms with Gasteiger partial charge in [0.2, 0.25) is 11.8 Å². The topological polar surface area (TPSA) is 102 Å². The van der Waals surface area contributed by atoms with Crippen molar-refractivity contribution in [2.45, 2.75) is 25.4 Å². The minimum Gasteiger partial charge on any atom is -0.322 e. The van der Waals surface area contributed by atoms with Crippen LogP contribution in [0.5, 0.6) is 0 Å². The van der Waals surface area contributed by atoms with E-state index < -0.39 is 11.9 Å². The van der Waals surface area contributed by atoms with Gasteiger partial charge in [-0.3, -0.25) is 24.6 Å². The number of amides is 5. The van der Waals surface area contributed by atoms with Crippen LogP contribution in [0.2, 0.25) is 0 Å². The highest BCUT2D eigenvalue weighted by Gasteiger charge is 2.39. The highest BCUT2D eigenvalue weighted by atomic mass is 16.2. The molecule has 0 saturated carbocycles. The number of piperidine rings is 1. The zero-order valence-corrected chi connectivity index (χ0v) is 15.7. The van der Waals surface area contributed by atoms with Crippen molar-refractivity contribution < 1.29 is 19.2 Å². The van der Waals surface area contributed by atoms with Crippen LogP contribution in [0.3, 0.4) is 0 Å². The van der Waals surface area contributed by atoms with Gasteiger partial charge in [0.1, 0.15) is 6.04 Å². The SMILES string of the molecule is CN(C(=O)N1CCNCC1)c1ccc2c(c1)CN(C1CCC(=O)NC1=O)C2=O. The van der Waals surface area contributed by atoms with Crippen molar-refractivity contribution >= 4 is 29.4 Å². The fourth-order valence-electron chi connectivity index (χ4n) is 3.95. The molecule has 0 aliphatic carbocycles. The molecule has 0 radical (unpaired) electrons. The number of benzene rings is 1. The maximum Gasteiger partial charge on any atom is 0.324 e. The van der Waals surface area contributed by atoms with Crippen LogP contribution in [0, 0.1) is 0 Å². The Balaban J connectivity index is 1.51. The van der Waals surface area contributed by atoms with Gasteiger partial charge in [0.05, 0.1) is 0 Å². The van der Waals surface area contributed by atoms with E-state index in [0.29, 0.717) is 37.3 Å². The summed E-state index contributed by atoms with van der Waals surface area (Å²) in [4.78, 5) is 53.9. The first-order valence-electron chi connectivity index (χ1n) is 9.46. The van der Waals surface area contributed by atoms with Crippen LogP contribution in [0.25, 0.3) is 0 Å². The number of fused-ring (bicyclic) bond motifs is 1. The molecule has 2 saturated heterocycles. The molecule has 1 atom stereocenters. The molecule has 1 aromatic rings. The zero-order valence-electron chi connectivity index (χ0n) is 15.7. The van der Waals surface area contributed by atoms with Gasteiger partial charge in [0, 0.05) is 57.4 Å². The Hall–Kier alpha value is -2.94. The minimum atomic E-state index is -0.638. The fraction of sp³-hybridized carbons (Fsp3) is 0.474. The summed E-state index contributed by atoms with van der Waals surface area (Å²) >= 11 is 0. The highest BCUT2D eigenvalue weighted by Crippen LogP contribution is 2.30. The second-order valence-corrected chi connectivity index (χ2v) is 7.32. The monoisotopic (exact) mass is 385 g/mol. The van der Waals surface area contributed by atoms with Crippen molar-refractivity contribution in [2.75, 3.05) is 38.1 Å². The van der Waals surface area contributed by atoms with E-state index >= 15 is 0 Å². The van der Waals surface area contributed by atoms with E-state index in [1.54, 1.807) is 29.0 Å². The number of nitrogens with zero attached hydrogens (tertiary/aromatic N) is 3. The maximum absolute atomic E-state index is 12.8. The van der Waals surface area contributed by atoms with Crippen LogP contribution >= 0.6 is 0 Å². The molecule has 28 heavy (non-hydrogen) atoms. The van der Waals surface area contributed by atoms with Crippen LogP contribution in [0.15, 0.2) is 18.2 Å². The molecule has 1 aromatic carbocycles. The summed E-state index contributed by atoms with van der Waals surface area (Å²) < 4.78 is 0. The lowest BCUT2D eigenvalue weighted by molar-refractivity contribution is -0.136. The van der Waals surface area contributed by atoms with Crippen molar-refractivity contribution in [1.29, 1.82) is 0 Å². The molecule has 5 amide bonds. The van der Waals surface area contributed by atoms with E-state index in [4.69, 9.17) is 0 Å². The predicted molar refractivity (Wildman–Crippen MR) is 101 cm³/mol. The summed E-state index contributed by atoms with van der Waals surface area (Å²) in [6.07, 6.45) is 0.558. The molecule has 9 nitrogen and oxygen atoms in total. The average molecular weight is 385 g/mol. The number of urea groups is 1. The third-order valence-corrected chi connectivity index (χ3v) is 5.57. The third kappa shape index (κ3) is 3.22. The van der Waals surface area contributed by atoms with Crippen LogP contribution in [-0.2, 0) is 16.1 Å². The van der Waals surface area contributed by atoms with Crippen molar-refractivity contribution in [3.05, 3.63) is 29.3 Å². The number of anilines is 1. The van der Waals surface area contributed by atoms with E-state index in [1.165, 1.54) is 4.90 Å². The second kappa shape index (κ2) is 7.23. The Morgan fingerprint density at radius 2 is 1.93 bits per heavy atom. The Kier molecular flexibility index (Phi) is 4.76. The summed E-state index contributed by atoms with van der Waals surface area (Å²) in [5, 5.41) is 5.52. The first-order valence-corrected chi connectivity index (χ1v) is 9.46. The van der Waals surface area contributed by atoms with Gasteiger partial charge in [-0.2, -0.15) is 0 Å². The van der Waals surface area contributed by atoms with Gasteiger partial charge in [0.25, 0.3) is 5.91 Å². The van der Waals surface area contributed by atoms with Crippen molar-refractivity contribution in [2.24, 2.45) is 0 Å². The lowest BCUT2D eigenvalue weighted by Crippen LogP contribution is -2.52. The first-order chi connectivity index (χ1) is 13.5. The molecule has 0 bridgehead atoms. The molecule has 0 spiro atoms. The van der Waals surface area contributed by atoms with Crippen molar-refractivity contribution in [1.82, 2.24) is 20.4 Å². The Labute approximate surface area is 162 Å². The number of hydrogen-bond acceptors (Lipinski definition) is 5. The van der Waals surface area contributed by atoms with E-state index in [9.17, 15) is 19.2 Å². The van der Waals surface area contributed by atoms with Crippen LogP contribution in [0.4, 0.5) is 10.5 Å². The highest BCUT2D eigenvalue weighted by molar-refractivity contribution is 6.05. The number of imide groups is 1. The quantitative estimate of drug-likeness (QED) is 0.693. The van der Waals surface area contributed by atoms with Crippen LogP contribution < -0.4 is 15.5 Å². The molecule has 1 unspecified atom stereocenters. The molecule has 0 aromatic heterocycles. The number of hydrogen-bond donors (Lipinski definition) is 2. The molecular formula is C19H23N5O4. The molecular weight excluding hydrogens is 362 g/mol. The molecule has 2 N–H and O–H groups in total. The normalized spacial score (nSPS) is 22.2. The second-order valence-electron chi connectivity index (χ2n) is 7.32. The molecule has 9 heteroatoms. The van der Waals surface area contributed by atoms with Gasteiger partial charge in [-0.25, -0.2) is 4.79 Å². The molecule has 148 valence electrons. The summed E-state index contributed by atoms with van der Waals surface area (Å²) in [5.74, 6) is -0.948. The summed E-state index contributed by atoms with van der Waals surface area (Å²) in [7, 11) is 1.72. The predicted octanol–water partition coefficient (Wildman–Crippen LogP) is -0.0910. The molecule has 3 heterocycles. The van der Waals surface area contributed by atoms with Gasteiger partial charge in [-0.1, -0.05) is 0 Å². The molecule has 4 rings (SSSR count). The van der Waals surface area contributed by atoms with Crippen molar-refractivity contribution in [3.8, 4) is 0 Å². The summed E-state index contributed by atoms with van der Waals surface area (Å²) in [5.41, 5.74) is 2.03. The van der Waals surface area contributed by atoms with Crippen LogP contribution in [0.1, 0.15) is 28.8 Å². The lowest BCUT2D eigenvalue weighted by Gasteiger charge is -2.31. The Morgan fingerprint density at radius 3 is 2.64 bits per heavy atom. The average Bonchev–Trinajstić information content (AvgIpc) is 3.03. The smallest absolute Gasteiger partial charge is 0.322 e. The van der Waals surface area contributed by atoms with Crippen molar-refractivity contribution in [3.63, 3.8) is 0 Å². The lowest BCUT2D eigenvalue weighted by atomic mass is 10.0. The number of rotatable bonds is 2. The summed E-state index contributed by atoms with van der Waals surface area (Å²) in [6.45, 7) is 3.17. The number of nitrogens with one attached hydrogen (secondary N) is 2. The zero-order chi connectivity index (χ0) is 19.8. The number of carbonyl (C=O) groups excluding carboxylic acids is 4. The molecule has 3 aliphatic rings. The van der Waals surface area contributed by atoms with E-state index in [-0.39, 0.29) is 24.3 Å². The van der Waals surface area contributed by atoms with E-state index in [0.717, 1.165) is 18.7 Å². The van der Waals surface area contributed by atoms with Gasteiger partial charge in [-0.15, -0.1) is 0 Å². The summed E-state index contributed by atoms with van der Waals surface area (Å²) in [6, 6.07) is 4.58. The van der Waals surface area contributed by atoms with Crippen LogP contribution in [-0.4, -0.2) is 72.8 Å². The maximum atomic E-state index is 12.8. The van der Waals surface area contributed by atoms with Gasteiger partial charge in [-0.05, 0) is 30.2 Å². The van der Waals surface area contributed by atoms with Gasteiger partial charge < -0.3 is 15.1 Å².